The molecule has 0 aliphatic carbocycles. The minimum Gasteiger partial charge on any atom is -0.487 e. The quantitative estimate of drug-likeness (QED) is 0.676. The fraction of sp³-hybridized carbons (Fsp3) is 0.250. The van der Waals surface area contributed by atoms with Gasteiger partial charge in [0, 0.05) is 36.2 Å². The Hall–Kier alpha value is -2.68. The normalized spacial score (nSPS) is 17.1. The van der Waals surface area contributed by atoms with Crippen molar-refractivity contribution in [2.45, 2.75) is 17.4 Å². The fourth-order valence-electron chi connectivity index (χ4n) is 3.40. The van der Waals surface area contributed by atoms with Crippen LogP contribution in [0.15, 0.2) is 58.4 Å². The summed E-state index contributed by atoms with van der Waals surface area (Å²) in [6, 6.07) is 11.3. The third-order valence-corrected chi connectivity index (χ3v) is 5.66. The zero-order valence-electron chi connectivity index (χ0n) is 15.2. The summed E-state index contributed by atoms with van der Waals surface area (Å²) in [4.78, 5) is 12.2. The highest BCUT2D eigenvalue weighted by molar-refractivity contribution is 7.85. The summed E-state index contributed by atoms with van der Waals surface area (Å²) in [6.45, 7) is 1.05. The third kappa shape index (κ3) is 3.42. The molecule has 0 spiro atoms. The van der Waals surface area contributed by atoms with Crippen LogP contribution in [0.25, 0.3) is 21.9 Å². The van der Waals surface area contributed by atoms with E-state index in [1.807, 2.05) is 6.07 Å². The molecule has 2 aromatic carbocycles. The van der Waals surface area contributed by atoms with E-state index >= 15 is 0 Å². The highest BCUT2D eigenvalue weighted by Gasteiger charge is 2.22. The fourth-order valence-corrected chi connectivity index (χ4v) is 3.91. The maximum absolute atomic E-state index is 12.5. The van der Waals surface area contributed by atoms with Crippen molar-refractivity contribution in [1.29, 1.82) is 0 Å². The van der Waals surface area contributed by atoms with Crippen LogP contribution in [0, 0.1) is 0 Å². The van der Waals surface area contributed by atoms with Gasteiger partial charge in [0.05, 0.1) is 18.1 Å². The van der Waals surface area contributed by atoms with E-state index in [4.69, 9.17) is 9.47 Å². The Morgan fingerprint density at radius 2 is 1.89 bits per heavy atom. The topological polar surface area (TPSA) is 94.8 Å². The van der Waals surface area contributed by atoms with E-state index in [1.165, 1.54) is 22.8 Å². The Kier molecular flexibility index (Phi) is 4.70. The molecule has 1 aliphatic rings. The second-order valence-corrected chi connectivity index (χ2v) is 8.16. The molecule has 0 amide bonds. The number of aryl methyl sites for hydroxylation is 1. The van der Waals surface area contributed by atoms with Gasteiger partial charge in [-0.1, -0.05) is 18.2 Å². The average molecular weight is 401 g/mol. The molecule has 1 aliphatic heterocycles. The molecule has 28 heavy (non-hydrogen) atoms. The van der Waals surface area contributed by atoms with Gasteiger partial charge in [0.1, 0.15) is 11.9 Å². The molecule has 1 unspecified atom stereocenters. The van der Waals surface area contributed by atoms with Crippen molar-refractivity contribution in [2.75, 3.05) is 13.2 Å². The molecule has 3 aromatic rings. The van der Waals surface area contributed by atoms with Crippen LogP contribution in [0.1, 0.15) is 6.42 Å². The molecular formula is C20H19NO6S. The average Bonchev–Trinajstić information content (AvgIpc) is 3.17. The number of rotatable bonds is 4. The zero-order chi connectivity index (χ0) is 19.9. The number of ether oxygens (including phenoxy) is 2. The number of hydrogen-bond donors (Lipinski definition) is 1. The monoisotopic (exact) mass is 401 g/mol. The Morgan fingerprint density at radius 1 is 1.14 bits per heavy atom. The summed E-state index contributed by atoms with van der Waals surface area (Å²) < 4.78 is 45.8. The molecule has 1 atom stereocenters. The maximum Gasteiger partial charge on any atom is 0.294 e. The molecule has 1 fully saturated rings. The Morgan fingerprint density at radius 3 is 2.57 bits per heavy atom. The van der Waals surface area contributed by atoms with Gasteiger partial charge >= 0.3 is 0 Å². The third-order valence-electron chi connectivity index (χ3n) is 4.81. The molecule has 1 aromatic heterocycles. The van der Waals surface area contributed by atoms with Crippen molar-refractivity contribution in [1.82, 2.24) is 4.57 Å². The first kappa shape index (κ1) is 18.7. The van der Waals surface area contributed by atoms with Gasteiger partial charge in [-0.25, -0.2) is 0 Å². The number of nitrogens with zero attached hydrogens (tertiary/aromatic N) is 1. The van der Waals surface area contributed by atoms with E-state index in [0.29, 0.717) is 40.9 Å². The van der Waals surface area contributed by atoms with Crippen LogP contribution in [-0.2, 0) is 21.9 Å². The smallest absolute Gasteiger partial charge is 0.294 e. The number of pyridine rings is 1. The number of hydrogen-bond acceptors (Lipinski definition) is 5. The Balaban J connectivity index is 1.98. The largest absolute Gasteiger partial charge is 0.487 e. The minimum atomic E-state index is -4.40. The van der Waals surface area contributed by atoms with Crippen LogP contribution in [0.5, 0.6) is 5.75 Å². The van der Waals surface area contributed by atoms with Crippen LogP contribution in [0.3, 0.4) is 0 Å². The standard InChI is InChI=1S/C20H19NO6S/c1-21-11-18(15-4-2-3-5-16(15)20(21)22)17-10-14(28(23,24)25)6-7-19(17)27-13-8-9-26-12-13/h2-7,10-11,13H,8-9,12H2,1H3,(H,23,24,25). The van der Waals surface area contributed by atoms with Gasteiger partial charge in [-0.2, -0.15) is 8.42 Å². The first-order valence-corrected chi connectivity index (χ1v) is 10.2. The number of benzene rings is 2. The molecular weight excluding hydrogens is 382 g/mol. The van der Waals surface area contributed by atoms with Crippen LogP contribution in [0.4, 0.5) is 0 Å². The van der Waals surface area contributed by atoms with Crippen molar-refractivity contribution in [3.8, 4) is 16.9 Å². The summed E-state index contributed by atoms with van der Waals surface area (Å²) in [5.41, 5.74) is 0.961. The molecule has 0 saturated carbocycles. The second kappa shape index (κ2) is 7.05. The minimum absolute atomic E-state index is 0.144. The molecule has 8 heteroatoms. The lowest BCUT2D eigenvalue weighted by molar-refractivity contribution is 0.141. The first-order valence-electron chi connectivity index (χ1n) is 8.79. The second-order valence-electron chi connectivity index (χ2n) is 6.74. The molecule has 1 saturated heterocycles. The van der Waals surface area contributed by atoms with E-state index in [9.17, 15) is 17.8 Å². The number of aromatic nitrogens is 1. The summed E-state index contributed by atoms with van der Waals surface area (Å²) in [5.74, 6) is 0.465. The summed E-state index contributed by atoms with van der Waals surface area (Å²) in [5, 5.41) is 1.18. The molecule has 4 rings (SSSR count). The lowest BCUT2D eigenvalue weighted by Crippen LogP contribution is -2.18. The van der Waals surface area contributed by atoms with Crippen molar-refractivity contribution in [3.05, 3.63) is 59.0 Å². The van der Waals surface area contributed by atoms with E-state index < -0.39 is 10.1 Å². The van der Waals surface area contributed by atoms with E-state index in [0.717, 1.165) is 6.42 Å². The molecule has 2 heterocycles. The van der Waals surface area contributed by atoms with Crippen LogP contribution in [0.2, 0.25) is 0 Å². The van der Waals surface area contributed by atoms with E-state index in [2.05, 4.69) is 0 Å². The van der Waals surface area contributed by atoms with Gasteiger partial charge in [0.25, 0.3) is 15.7 Å². The van der Waals surface area contributed by atoms with Gasteiger partial charge in [-0.15, -0.1) is 0 Å². The Labute approximate surface area is 161 Å². The molecule has 0 bridgehead atoms. The van der Waals surface area contributed by atoms with Gasteiger partial charge in [0.15, 0.2) is 0 Å². The maximum atomic E-state index is 12.5. The van der Waals surface area contributed by atoms with Crippen LogP contribution < -0.4 is 10.3 Å². The van der Waals surface area contributed by atoms with Crippen molar-refractivity contribution in [3.63, 3.8) is 0 Å². The zero-order valence-corrected chi connectivity index (χ0v) is 16.0. The Bertz CT molecular complexity index is 1210. The van der Waals surface area contributed by atoms with Gasteiger partial charge in [0.2, 0.25) is 0 Å². The predicted octanol–water partition coefficient (Wildman–Crippen LogP) is 2.62. The molecule has 7 nitrogen and oxygen atoms in total. The molecule has 0 radical (unpaired) electrons. The predicted molar refractivity (Wildman–Crippen MR) is 104 cm³/mol. The molecule has 1 N–H and O–H groups in total. The van der Waals surface area contributed by atoms with Gasteiger partial charge in [-0.05, 0) is 29.7 Å². The summed E-state index contributed by atoms with van der Waals surface area (Å²) in [6.07, 6.45) is 2.23. The van der Waals surface area contributed by atoms with Crippen LogP contribution >= 0.6 is 0 Å². The summed E-state index contributed by atoms with van der Waals surface area (Å²) >= 11 is 0. The van der Waals surface area contributed by atoms with Crippen molar-refractivity contribution in [2.24, 2.45) is 7.05 Å². The lowest BCUT2D eigenvalue weighted by atomic mass is 9.99. The highest BCUT2D eigenvalue weighted by atomic mass is 32.2. The van der Waals surface area contributed by atoms with Crippen molar-refractivity contribution < 1.29 is 22.4 Å². The number of fused-ring (bicyclic) bond motifs is 1. The lowest BCUT2D eigenvalue weighted by Gasteiger charge is -2.18. The summed E-state index contributed by atoms with van der Waals surface area (Å²) in [7, 11) is -2.76. The molecule has 146 valence electrons. The van der Waals surface area contributed by atoms with E-state index in [1.54, 1.807) is 31.4 Å². The van der Waals surface area contributed by atoms with E-state index in [-0.39, 0.29) is 16.6 Å². The van der Waals surface area contributed by atoms with Gasteiger partial charge in [-0.3, -0.25) is 9.35 Å². The highest BCUT2D eigenvalue weighted by Crippen LogP contribution is 2.36. The van der Waals surface area contributed by atoms with Gasteiger partial charge < -0.3 is 14.0 Å². The van der Waals surface area contributed by atoms with Crippen LogP contribution in [-0.4, -0.2) is 36.9 Å². The van der Waals surface area contributed by atoms with Crippen molar-refractivity contribution >= 4 is 20.9 Å². The first-order chi connectivity index (χ1) is 13.3. The SMILES string of the molecule is Cn1cc(-c2cc(S(=O)(=O)O)ccc2OC2CCOC2)c2ccccc2c1=O.